The van der Waals surface area contributed by atoms with Crippen molar-refractivity contribution in [1.82, 2.24) is 20.1 Å². The Morgan fingerprint density at radius 3 is 3.12 bits per heavy atom. The lowest BCUT2D eigenvalue weighted by atomic mass is 10.0. The van der Waals surface area contributed by atoms with E-state index in [4.69, 9.17) is 4.42 Å². The summed E-state index contributed by atoms with van der Waals surface area (Å²) in [5.41, 5.74) is 1.35. The standard InChI is InChI=1S/C17H20N4O3S/c22-15-8-18-4-6-21(15)13-2-1-5-20(9-13)17(23)14-11-25-16(19-14)12-3-7-24-10-12/h3,7,10-11,13,18H,1-2,4-6,8-9H2. The summed E-state index contributed by atoms with van der Waals surface area (Å²) in [6.07, 6.45) is 5.08. The number of piperazine rings is 1. The lowest BCUT2D eigenvalue weighted by molar-refractivity contribution is -0.135. The number of likely N-dealkylation sites (tertiary alicyclic amines) is 1. The highest BCUT2D eigenvalue weighted by Crippen LogP contribution is 2.25. The van der Waals surface area contributed by atoms with Gasteiger partial charge in [-0.05, 0) is 18.9 Å². The van der Waals surface area contributed by atoms with Crippen LogP contribution in [-0.4, -0.2) is 65.4 Å². The monoisotopic (exact) mass is 360 g/mol. The molecule has 0 aliphatic carbocycles. The van der Waals surface area contributed by atoms with E-state index < -0.39 is 0 Å². The lowest BCUT2D eigenvalue weighted by Crippen LogP contribution is -2.57. The van der Waals surface area contributed by atoms with Crippen LogP contribution in [0.5, 0.6) is 0 Å². The van der Waals surface area contributed by atoms with Gasteiger partial charge in [0.05, 0.1) is 12.8 Å². The number of nitrogens with one attached hydrogen (secondary N) is 1. The molecule has 1 N–H and O–H groups in total. The minimum absolute atomic E-state index is 0.0571. The Morgan fingerprint density at radius 1 is 1.40 bits per heavy atom. The summed E-state index contributed by atoms with van der Waals surface area (Å²) >= 11 is 1.44. The Labute approximate surface area is 149 Å². The quantitative estimate of drug-likeness (QED) is 0.896. The van der Waals surface area contributed by atoms with Crippen molar-refractivity contribution >= 4 is 23.2 Å². The number of carbonyl (C=O) groups is 2. The van der Waals surface area contributed by atoms with Crippen molar-refractivity contribution in [2.24, 2.45) is 0 Å². The Hall–Kier alpha value is -2.19. The molecule has 2 fully saturated rings. The van der Waals surface area contributed by atoms with Crippen molar-refractivity contribution in [2.75, 3.05) is 32.7 Å². The number of furan rings is 1. The number of rotatable bonds is 3. The van der Waals surface area contributed by atoms with Gasteiger partial charge in [0.15, 0.2) is 0 Å². The van der Waals surface area contributed by atoms with Gasteiger partial charge >= 0.3 is 0 Å². The van der Waals surface area contributed by atoms with Gasteiger partial charge in [-0.2, -0.15) is 0 Å². The zero-order valence-electron chi connectivity index (χ0n) is 13.8. The normalized spacial score (nSPS) is 21.6. The number of hydrogen-bond donors (Lipinski definition) is 1. The maximum absolute atomic E-state index is 12.8. The maximum Gasteiger partial charge on any atom is 0.273 e. The summed E-state index contributed by atoms with van der Waals surface area (Å²) in [4.78, 5) is 33.2. The third-order valence-corrected chi connectivity index (χ3v) is 5.63. The first kappa shape index (κ1) is 16.3. The fourth-order valence-corrected chi connectivity index (χ4v) is 4.23. The van der Waals surface area contributed by atoms with Crippen LogP contribution in [0, 0.1) is 0 Å². The van der Waals surface area contributed by atoms with Crippen LogP contribution in [-0.2, 0) is 4.79 Å². The van der Waals surface area contributed by atoms with Crippen LogP contribution >= 0.6 is 11.3 Å². The van der Waals surface area contributed by atoms with E-state index in [2.05, 4.69) is 10.3 Å². The smallest absolute Gasteiger partial charge is 0.273 e. The Morgan fingerprint density at radius 2 is 2.32 bits per heavy atom. The van der Waals surface area contributed by atoms with Crippen LogP contribution in [0.15, 0.2) is 28.4 Å². The molecule has 0 bridgehead atoms. The van der Waals surface area contributed by atoms with Crippen molar-refractivity contribution in [3.8, 4) is 10.6 Å². The molecule has 132 valence electrons. The van der Waals surface area contributed by atoms with E-state index in [9.17, 15) is 9.59 Å². The van der Waals surface area contributed by atoms with E-state index >= 15 is 0 Å². The predicted octanol–water partition coefficient (Wildman–Crippen LogP) is 1.44. The number of aromatic nitrogens is 1. The third kappa shape index (κ3) is 3.32. The third-order valence-electron chi connectivity index (χ3n) is 4.74. The summed E-state index contributed by atoms with van der Waals surface area (Å²) in [7, 11) is 0. The van der Waals surface area contributed by atoms with Crippen LogP contribution in [0.4, 0.5) is 0 Å². The zero-order chi connectivity index (χ0) is 17.2. The molecule has 0 spiro atoms. The van der Waals surface area contributed by atoms with Gasteiger partial charge in [0.25, 0.3) is 5.91 Å². The Kier molecular flexibility index (Phi) is 4.54. The van der Waals surface area contributed by atoms with Gasteiger partial charge in [-0.1, -0.05) is 0 Å². The van der Waals surface area contributed by atoms with Crippen LogP contribution in [0.25, 0.3) is 10.6 Å². The fourth-order valence-electron chi connectivity index (χ4n) is 3.45. The Bertz CT molecular complexity index is 758. The second kappa shape index (κ2) is 6.97. The van der Waals surface area contributed by atoms with Crippen molar-refractivity contribution in [3.63, 3.8) is 0 Å². The van der Waals surface area contributed by atoms with Gasteiger partial charge in [-0.15, -0.1) is 11.3 Å². The summed E-state index contributed by atoms with van der Waals surface area (Å²) in [6.45, 7) is 3.23. The minimum Gasteiger partial charge on any atom is -0.472 e. The Balaban J connectivity index is 1.46. The van der Waals surface area contributed by atoms with Crippen LogP contribution in [0.1, 0.15) is 23.3 Å². The lowest BCUT2D eigenvalue weighted by Gasteiger charge is -2.40. The molecule has 2 saturated heterocycles. The van der Waals surface area contributed by atoms with Crippen molar-refractivity contribution in [3.05, 3.63) is 29.7 Å². The van der Waals surface area contributed by atoms with Gasteiger partial charge < -0.3 is 19.5 Å². The summed E-state index contributed by atoms with van der Waals surface area (Å²) in [6, 6.07) is 1.94. The van der Waals surface area contributed by atoms with Gasteiger partial charge in [0.1, 0.15) is 17.0 Å². The molecular formula is C17H20N4O3S. The fraction of sp³-hybridized carbons (Fsp3) is 0.471. The molecule has 8 heteroatoms. The molecule has 2 aliphatic heterocycles. The van der Waals surface area contributed by atoms with E-state index in [1.807, 2.05) is 15.9 Å². The van der Waals surface area contributed by atoms with Gasteiger partial charge in [0, 0.05) is 43.2 Å². The minimum atomic E-state index is -0.0571. The summed E-state index contributed by atoms with van der Waals surface area (Å²) in [5, 5.41) is 5.67. The number of hydrogen-bond acceptors (Lipinski definition) is 6. The molecule has 1 atom stereocenters. The second-order valence-corrected chi connectivity index (χ2v) is 7.22. The second-order valence-electron chi connectivity index (χ2n) is 6.36. The molecule has 0 saturated carbocycles. The van der Waals surface area contributed by atoms with E-state index in [-0.39, 0.29) is 17.9 Å². The van der Waals surface area contributed by atoms with E-state index in [1.165, 1.54) is 11.3 Å². The molecule has 2 aromatic rings. The molecule has 4 heterocycles. The van der Waals surface area contributed by atoms with Crippen molar-refractivity contribution < 1.29 is 14.0 Å². The molecular weight excluding hydrogens is 340 g/mol. The molecule has 2 amide bonds. The molecule has 2 aromatic heterocycles. The van der Waals surface area contributed by atoms with Crippen LogP contribution in [0.3, 0.4) is 0 Å². The highest BCUT2D eigenvalue weighted by atomic mass is 32.1. The van der Waals surface area contributed by atoms with E-state index in [0.717, 1.165) is 30.0 Å². The van der Waals surface area contributed by atoms with Crippen molar-refractivity contribution in [2.45, 2.75) is 18.9 Å². The largest absolute Gasteiger partial charge is 0.472 e. The molecule has 0 radical (unpaired) electrons. The van der Waals surface area contributed by atoms with Gasteiger partial charge in [0.2, 0.25) is 5.91 Å². The maximum atomic E-state index is 12.8. The molecule has 2 aliphatic rings. The zero-order valence-corrected chi connectivity index (χ0v) is 14.6. The number of amides is 2. The average Bonchev–Trinajstić information content (AvgIpc) is 3.33. The van der Waals surface area contributed by atoms with Crippen LogP contribution < -0.4 is 5.32 Å². The predicted molar refractivity (Wildman–Crippen MR) is 93.3 cm³/mol. The number of piperidine rings is 1. The topological polar surface area (TPSA) is 78.7 Å². The number of carbonyl (C=O) groups excluding carboxylic acids is 2. The van der Waals surface area contributed by atoms with E-state index in [0.29, 0.717) is 31.9 Å². The molecule has 0 aromatic carbocycles. The van der Waals surface area contributed by atoms with Crippen LogP contribution in [0.2, 0.25) is 0 Å². The molecule has 25 heavy (non-hydrogen) atoms. The number of nitrogens with zero attached hydrogens (tertiary/aromatic N) is 3. The van der Waals surface area contributed by atoms with E-state index in [1.54, 1.807) is 17.9 Å². The molecule has 4 rings (SSSR count). The van der Waals surface area contributed by atoms with Crippen molar-refractivity contribution in [1.29, 1.82) is 0 Å². The summed E-state index contributed by atoms with van der Waals surface area (Å²) < 4.78 is 5.08. The highest BCUT2D eigenvalue weighted by molar-refractivity contribution is 7.13. The SMILES string of the molecule is O=C(c1csc(-c2ccoc2)n1)N1CCCC(N2CCNCC2=O)C1. The first-order valence-electron chi connectivity index (χ1n) is 8.50. The highest BCUT2D eigenvalue weighted by Gasteiger charge is 2.32. The molecule has 7 nitrogen and oxygen atoms in total. The molecule has 1 unspecified atom stereocenters. The summed E-state index contributed by atoms with van der Waals surface area (Å²) in [5.74, 6) is 0.0692. The number of thiazole rings is 1. The van der Waals surface area contributed by atoms with Gasteiger partial charge in [-0.25, -0.2) is 4.98 Å². The average molecular weight is 360 g/mol. The first-order chi connectivity index (χ1) is 12.2. The first-order valence-corrected chi connectivity index (χ1v) is 9.38. The van der Waals surface area contributed by atoms with Gasteiger partial charge in [-0.3, -0.25) is 9.59 Å².